The van der Waals surface area contributed by atoms with Gasteiger partial charge in [-0.2, -0.15) is 4.57 Å². The molecule has 244 valence electrons. The first-order valence-electron chi connectivity index (χ1n) is 17.6. The molecule has 0 saturated carbocycles. The van der Waals surface area contributed by atoms with Gasteiger partial charge in [0.15, 0.2) is 16.6 Å². The molecule has 0 bridgehead atoms. The summed E-state index contributed by atoms with van der Waals surface area (Å²) in [4.78, 5) is 0. The molecular weight excluding hydrogens is 617 g/mol. The summed E-state index contributed by atoms with van der Waals surface area (Å²) in [7, 11) is 2.18. The summed E-state index contributed by atoms with van der Waals surface area (Å²) in [6, 6.07) is 36.4. The molecule has 4 aromatic heterocycles. The van der Waals surface area contributed by atoms with Crippen LogP contribution in [0.15, 0.2) is 116 Å². The van der Waals surface area contributed by atoms with Crippen LogP contribution in [0.25, 0.3) is 93.9 Å². The number of hydrogen-bond acceptors (Lipinski definition) is 3. The van der Waals surface area contributed by atoms with Crippen LogP contribution in [0.1, 0.15) is 56.2 Å². The lowest BCUT2D eigenvalue weighted by molar-refractivity contribution is -0.633. The summed E-state index contributed by atoms with van der Waals surface area (Å²) in [5, 5.41) is 6.62. The number of aryl methyl sites for hydroxylation is 2. The standard InChI is InChI=1S/C45H37N2O3/c1-24(2)30-21-33-32-23-38-31(28-14-8-11-17-36(28)48-38)22-39(32)50-44(33)40(25(3)4)42(30)47-35-16-10-9-15-34(35)46(6)45(47)41-26(5)19-20-29-27-13-7-12-18-37(27)49-43(29)41/h7-25H,1-6H3/q+1. The van der Waals surface area contributed by atoms with Crippen molar-refractivity contribution in [1.29, 1.82) is 0 Å². The van der Waals surface area contributed by atoms with Gasteiger partial charge in [-0.15, -0.1) is 0 Å². The quantitative estimate of drug-likeness (QED) is 0.178. The molecule has 10 rings (SSSR count). The highest BCUT2D eigenvalue weighted by Crippen LogP contribution is 2.46. The molecule has 0 fully saturated rings. The first-order chi connectivity index (χ1) is 24.3. The van der Waals surface area contributed by atoms with Crippen molar-refractivity contribution < 1.29 is 17.8 Å². The Morgan fingerprint density at radius 1 is 0.560 bits per heavy atom. The summed E-state index contributed by atoms with van der Waals surface area (Å²) in [6.07, 6.45) is 0. The smallest absolute Gasteiger partial charge is 0.299 e. The largest absolute Gasteiger partial charge is 0.456 e. The summed E-state index contributed by atoms with van der Waals surface area (Å²) in [5.74, 6) is 1.48. The van der Waals surface area contributed by atoms with E-state index in [4.69, 9.17) is 13.3 Å². The number of rotatable bonds is 4. The average molecular weight is 654 g/mol. The maximum absolute atomic E-state index is 6.99. The summed E-state index contributed by atoms with van der Waals surface area (Å²) < 4.78 is 24.9. The number of fused-ring (bicyclic) bond motifs is 10. The van der Waals surface area contributed by atoms with Crippen molar-refractivity contribution in [2.75, 3.05) is 0 Å². The topological polar surface area (TPSA) is 48.2 Å². The van der Waals surface area contributed by atoms with Crippen LogP contribution in [-0.4, -0.2) is 4.57 Å². The van der Waals surface area contributed by atoms with E-state index in [0.29, 0.717) is 0 Å². The minimum Gasteiger partial charge on any atom is -0.456 e. The Kier molecular flexibility index (Phi) is 6.03. The SMILES string of the molecule is Cc1ccc2c(oc3ccccc32)c1-c1n(-c2c(C(C)C)cc3c(oc4cc5c(cc43)oc3ccccc35)c2C(C)C)c2ccccc2[n+]1C. The molecule has 6 aromatic carbocycles. The molecule has 0 aliphatic heterocycles. The highest BCUT2D eigenvalue weighted by molar-refractivity contribution is 6.16. The number of imidazole rings is 1. The van der Waals surface area contributed by atoms with Crippen LogP contribution < -0.4 is 4.57 Å². The highest BCUT2D eigenvalue weighted by atomic mass is 16.3. The Morgan fingerprint density at radius 3 is 1.92 bits per heavy atom. The maximum atomic E-state index is 6.99. The van der Waals surface area contributed by atoms with Crippen LogP contribution in [0.3, 0.4) is 0 Å². The first-order valence-corrected chi connectivity index (χ1v) is 17.6. The fourth-order valence-electron chi connectivity index (χ4n) is 8.38. The van der Waals surface area contributed by atoms with Crippen molar-refractivity contribution in [2.45, 2.75) is 46.5 Å². The minimum atomic E-state index is 0.165. The van der Waals surface area contributed by atoms with E-state index in [2.05, 4.69) is 136 Å². The molecular formula is C45H37N2O3+. The maximum Gasteiger partial charge on any atom is 0.299 e. The summed E-state index contributed by atoms with van der Waals surface area (Å²) in [6.45, 7) is 11.4. The fraction of sp³-hybridized carbons (Fsp3) is 0.178. The predicted octanol–water partition coefficient (Wildman–Crippen LogP) is 12.4. The minimum absolute atomic E-state index is 0.165. The van der Waals surface area contributed by atoms with Crippen molar-refractivity contribution >= 4 is 76.8 Å². The lowest BCUT2D eigenvalue weighted by atomic mass is 9.89. The van der Waals surface area contributed by atoms with E-state index in [0.717, 1.165) is 93.8 Å². The normalized spacial score (nSPS) is 12.6. The van der Waals surface area contributed by atoms with E-state index >= 15 is 0 Å². The van der Waals surface area contributed by atoms with Gasteiger partial charge in [0.2, 0.25) is 0 Å². The van der Waals surface area contributed by atoms with E-state index in [1.165, 1.54) is 16.8 Å². The van der Waals surface area contributed by atoms with Gasteiger partial charge in [-0.05, 0) is 66.8 Å². The number of hydrogen-bond donors (Lipinski definition) is 0. The van der Waals surface area contributed by atoms with Gasteiger partial charge in [-0.1, -0.05) is 88.4 Å². The second-order valence-corrected chi connectivity index (χ2v) is 14.4. The monoisotopic (exact) mass is 653 g/mol. The molecule has 50 heavy (non-hydrogen) atoms. The Bertz CT molecular complexity index is 3020. The molecule has 5 nitrogen and oxygen atoms in total. The first kappa shape index (κ1) is 29.1. The van der Waals surface area contributed by atoms with Crippen molar-refractivity contribution in [2.24, 2.45) is 7.05 Å². The Balaban J connectivity index is 1.37. The molecule has 5 heteroatoms. The third-order valence-corrected chi connectivity index (χ3v) is 10.7. The molecule has 0 spiro atoms. The molecule has 0 saturated heterocycles. The number of furan rings is 3. The van der Waals surface area contributed by atoms with Crippen molar-refractivity contribution in [3.63, 3.8) is 0 Å². The average Bonchev–Trinajstić information content (AvgIpc) is 3.85. The molecule has 0 amide bonds. The zero-order chi connectivity index (χ0) is 34.0. The Labute approximate surface area is 288 Å². The second kappa shape index (κ2) is 10.3. The van der Waals surface area contributed by atoms with Crippen molar-refractivity contribution in [3.05, 3.63) is 120 Å². The number of para-hydroxylation sites is 4. The van der Waals surface area contributed by atoms with Gasteiger partial charge in [0.25, 0.3) is 5.82 Å². The molecule has 0 unspecified atom stereocenters. The van der Waals surface area contributed by atoms with E-state index < -0.39 is 0 Å². The Hall–Kier alpha value is -5.81. The molecule has 0 atom stereocenters. The Morgan fingerprint density at radius 2 is 1.18 bits per heavy atom. The van der Waals surface area contributed by atoms with Gasteiger partial charge in [0.1, 0.15) is 39.2 Å². The van der Waals surface area contributed by atoms with Crippen molar-refractivity contribution in [1.82, 2.24) is 4.57 Å². The molecule has 4 heterocycles. The van der Waals surface area contributed by atoms with Crippen LogP contribution in [0.4, 0.5) is 0 Å². The van der Waals surface area contributed by atoms with E-state index in [1.807, 2.05) is 18.2 Å². The molecule has 0 aliphatic carbocycles. The van der Waals surface area contributed by atoms with Gasteiger partial charge in [-0.25, -0.2) is 4.57 Å². The van der Waals surface area contributed by atoms with Crippen molar-refractivity contribution in [3.8, 4) is 17.1 Å². The zero-order valence-corrected chi connectivity index (χ0v) is 29.1. The lowest BCUT2D eigenvalue weighted by Gasteiger charge is -2.19. The van der Waals surface area contributed by atoms with Gasteiger partial charge in [-0.3, -0.25) is 0 Å². The van der Waals surface area contributed by atoms with Gasteiger partial charge < -0.3 is 13.3 Å². The molecule has 0 radical (unpaired) electrons. The fourth-order valence-corrected chi connectivity index (χ4v) is 8.38. The van der Waals surface area contributed by atoms with Crippen LogP contribution in [0, 0.1) is 6.92 Å². The number of benzene rings is 6. The number of aromatic nitrogens is 2. The van der Waals surface area contributed by atoms with Crippen LogP contribution in [0.5, 0.6) is 0 Å². The van der Waals surface area contributed by atoms with Crippen LogP contribution in [0.2, 0.25) is 0 Å². The summed E-state index contributed by atoms with van der Waals surface area (Å²) >= 11 is 0. The zero-order valence-electron chi connectivity index (χ0n) is 29.1. The third kappa shape index (κ3) is 3.86. The lowest BCUT2D eigenvalue weighted by Crippen LogP contribution is -2.30. The summed E-state index contributed by atoms with van der Waals surface area (Å²) in [5.41, 5.74) is 13.6. The number of nitrogens with zero attached hydrogens (tertiary/aromatic N) is 2. The van der Waals surface area contributed by atoms with Crippen LogP contribution in [-0.2, 0) is 7.05 Å². The molecule has 0 aliphatic rings. The second-order valence-electron chi connectivity index (χ2n) is 14.4. The highest BCUT2D eigenvalue weighted by Gasteiger charge is 2.35. The van der Waals surface area contributed by atoms with Gasteiger partial charge in [0, 0.05) is 43.4 Å². The van der Waals surface area contributed by atoms with E-state index in [-0.39, 0.29) is 11.8 Å². The van der Waals surface area contributed by atoms with E-state index in [9.17, 15) is 0 Å². The van der Waals surface area contributed by atoms with Gasteiger partial charge in [0.05, 0.1) is 7.05 Å². The van der Waals surface area contributed by atoms with Gasteiger partial charge >= 0.3 is 0 Å². The predicted molar refractivity (Wildman–Crippen MR) is 205 cm³/mol. The third-order valence-electron chi connectivity index (χ3n) is 10.7. The van der Waals surface area contributed by atoms with E-state index in [1.54, 1.807) is 0 Å². The molecule has 10 aromatic rings. The molecule has 0 N–H and O–H groups in total. The van der Waals surface area contributed by atoms with Crippen LogP contribution >= 0.6 is 0 Å².